The van der Waals surface area contributed by atoms with Crippen LogP contribution in [-0.4, -0.2) is 19.8 Å². The SMILES string of the molecule is O=C1CC2CC(C1)C2S(=O)O. The van der Waals surface area contributed by atoms with Crippen molar-refractivity contribution in [3.05, 3.63) is 0 Å². The molecule has 0 aromatic carbocycles. The Hall–Kier alpha value is -0.220. The molecule has 0 radical (unpaired) electrons. The Kier molecular flexibility index (Phi) is 1.61. The van der Waals surface area contributed by atoms with E-state index in [1.807, 2.05) is 0 Å². The van der Waals surface area contributed by atoms with Crippen molar-refractivity contribution in [3.63, 3.8) is 0 Å². The predicted molar refractivity (Wildman–Crippen MR) is 40.4 cm³/mol. The van der Waals surface area contributed by atoms with Gasteiger partial charge in [0.1, 0.15) is 5.78 Å². The number of hydrogen-bond donors (Lipinski definition) is 1. The number of rotatable bonds is 1. The summed E-state index contributed by atoms with van der Waals surface area (Å²) in [6, 6.07) is 0. The Bertz CT molecular complexity index is 212. The molecule has 0 aromatic rings. The van der Waals surface area contributed by atoms with Crippen molar-refractivity contribution >= 4 is 16.9 Å². The van der Waals surface area contributed by atoms with E-state index in [1.165, 1.54) is 0 Å². The second kappa shape index (κ2) is 2.38. The third-order valence-electron chi connectivity index (χ3n) is 2.75. The number of fused-ring (bicyclic) bond motifs is 2. The van der Waals surface area contributed by atoms with Gasteiger partial charge in [0, 0.05) is 12.8 Å². The van der Waals surface area contributed by atoms with Crippen LogP contribution in [0.3, 0.4) is 0 Å². The normalized spacial score (nSPS) is 44.8. The summed E-state index contributed by atoms with van der Waals surface area (Å²) >= 11 is -1.70. The average molecular weight is 174 g/mol. The topological polar surface area (TPSA) is 54.4 Å². The van der Waals surface area contributed by atoms with E-state index >= 15 is 0 Å². The van der Waals surface area contributed by atoms with Crippen molar-refractivity contribution in [2.75, 3.05) is 0 Å². The van der Waals surface area contributed by atoms with Gasteiger partial charge in [0.25, 0.3) is 0 Å². The average Bonchev–Trinajstić information content (AvgIpc) is 1.84. The first-order chi connectivity index (χ1) is 5.18. The van der Waals surface area contributed by atoms with E-state index in [2.05, 4.69) is 0 Å². The van der Waals surface area contributed by atoms with Crippen LogP contribution in [0.2, 0.25) is 0 Å². The van der Waals surface area contributed by atoms with E-state index in [0.717, 1.165) is 6.42 Å². The molecule has 2 bridgehead atoms. The smallest absolute Gasteiger partial charge is 0.156 e. The lowest BCUT2D eigenvalue weighted by atomic mass is 9.64. The second-order valence-corrected chi connectivity index (χ2v) is 4.54. The summed E-state index contributed by atoms with van der Waals surface area (Å²) in [6.07, 6.45) is 2.06. The molecule has 0 spiro atoms. The van der Waals surface area contributed by atoms with E-state index in [0.29, 0.717) is 12.8 Å². The second-order valence-electron chi connectivity index (χ2n) is 3.44. The van der Waals surface area contributed by atoms with Crippen LogP contribution in [0.25, 0.3) is 0 Å². The molecule has 11 heavy (non-hydrogen) atoms. The molecule has 3 unspecified atom stereocenters. The maximum absolute atomic E-state index is 10.9. The lowest BCUT2D eigenvalue weighted by Gasteiger charge is -2.46. The molecule has 0 heterocycles. The van der Waals surface area contributed by atoms with Crippen LogP contribution in [0.1, 0.15) is 19.3 Å². The highest BCUT2D eigenvalue weighted by Gasteiger charge is 2.49. The van der Waals surface area contributed by atoms with Gasteiger partial charge >= 0.3 is 0 Å². The lowest BCUT2D eigenvalue weighted by Crippen LogP contribution is -2.50. The molecule has 1 N–H and O–H groups in total. The lowest BCUT2D eigenvalue weighted by molar-refractivity contribution is -0.126. The molecule has 62 valence electrons. The third kappa shape index (κ3) is 1.05. The summed E-state index contributed by atoms with van der Waals surface area (Å²) in [6.45, 7) is 0. The molecular weight excluding hydrogens is 164 g/mol. The Balaban J connectivity index is 2.09. The zero-order chi connectivity index (χ0) is 8.01. The van der Waals surface area contributed by atoms with Gasteiger partial charge < -0.3 is 4.55 Å². The van der Waals surface area contributed by atoms with Crippen LogP contribution < -0.4 is 0 Å². The molecule has 3 saturated carbocycles. The van der Waals surface area contributed by atoms with Crippen LogP contribution >= 0.6 is 0 Å². The highest BCUT2D eigenvalue weighted by Crippen LogP contribution is 2.46. The van der Waals surface area contributed by atoms with Gasteiger partial charge in [-0.25, -0.2) is 4.21 Å². The van der Waals surface area contributed by atoms with Crippen LogP contribution in [0.5, 0.6) is 0 Å². The van der Waals surface area contributed by atoms with Crippen LogP contribution in [0.15, 0.2) is 0 Å². The van der Waals surface area contributed by atoms with Crippen LogP contribution in [0, 0.1) is 11.8 Å². The summed E-state index contributed by atoms with van der Waals surface area (Å²) in [7, 11) is 0. The molecular formula is C7H10O3S. The first-order valence-electron chi connectivity index (χ1n) is 3.80. The van der Waals surface area contributed by atoms with Gasteiger partial charge in [-0.1, -0.05) is 0 Å². The summed E-state index contributed by atoms with van der Waals surface area (Å²) in [4.78, 5) is 10.9. The Morgan fingerprint density at radius 3 is 2.36 bits per heavy atom. The minimum atomic E-state index is -1.70. The summed E-state index contributed by atoms with van der Waals surface area (Å²) < 4.78 is 19.5. The van der Waals surface area contributed by atoms with E-state index < -0.39 is 11.1 Å². The molecule has 3 rings (SSSR count). The largest absolute Gasteiger partial charge is 0.306 e. The maximum atomic E-state index is 10.9. The summed E-state index contributed by atoms with van der Waals surface area (Å²) in [5.41, 5.74) is 0. The molecule has 0 saturated heterocycles. The van der Waals surface area contributed by atoms with Crippen molar-refractivity contribution < 1.29 is 13.6 Å². The summed E-state index contributed by atoms with van der Waals surface area (Å²) in [5.74, 6) is 0.701. The predicted octanol–water partition coefficient (Wildman–Crippen LogP) is 0.576. The van der Waals surface area contributed by atoms with Gasteiger partial charge in [-0.3, -0.25) is 4.79 Å². The Morgan fingerprint density at radius 2 is 1.91 bits per heavy atom. The summed E-state index contributed by atoms with van der Waals surface area (Å²) in [5, 5.41) is -0.0901. The molecule has 4 heteroatoms. The highest BCUT2D eigenvalue weighted by molar-refractivity contribution is 7.80. The number of carbonyl (C=O) groups is 1. The quantitative estimate of drug-likeness (QED) is 0.591. The van der Waals surface area contributed by atoms with Crippen LogP contribution in [0.4, 0.5) is 0 Å². The zero-order valence-corrected chi connectivity index (χ0v) is 6.84. The van der Waals surface area contributed by atoms with Gasteiger partial charge in [0.15, 0.2) is 11.1 Å². The van der Waals surface area contributed by atoms with Crippen molar-refractivity contribution in [1.82, 2.24) is 0 Å². The molecule has 3 fully saturated rings. The van der Waals surface area contributed by atoms with Gasteiger partial charge in [-0.2, -0.15) is 0 Å². The number of Topliss-reactive ketones (excluding diaryl/α,β-unsaturated/α-hetero) is 1. The number of carbonyl (C=O) groups excluding carboxylic acids is 1. The van der Waals surface area contributed by atoms with E-state index in [-0.39, 0.29) is 22.9 Å². The Morgan fingerprint density at radius 1 is 1.36 bits per heavy atom. The minimum absolute atomic E-state index is 0.0901. The van der Waals surface area contributed by atoms with Gasteiger partial charge in [-0.15, -0.1) is 0 Å². The van der Waals surface area contributed by atoms with Crippen molar-refractivity contribution in [2.45, 2.75) is 24.5 Å². The first kappa shape index (κ1) is 7.43. The third-order valence-corrected chi connectivity index (χ3v) is 3.98. The molecule has 0 amide bonds. The van der Waals surface area contributed by atoms with Gasteiger partial charge in [0.05, 0.1) is 5.25 Å². The highest BCUT2D eigenvalue weighted by atomic mass is 32.2. The molecule has 3 aliphatic rings. The monoisotopic (exact) mass is 174 g/mol. The Labute approximate surface area is 67.5 Å². The molecule has 3 nitrogen and oxygen atoms in total. The standard InChI is InChI=1S/C7H10O3S/c8-6-2-4-1-5(3-6)7(4)11(9)10/h4-5,7H,1-3H2,(H,9,10). The number of hydrogen-bond acceptors (Lipinski definition) is 2. The van der Waals surface area contributed by atoms with E-state index in [9.17, 15) is 9.00 Å². The zero-order valence-electron chi connectivity index (χ0n) is 6.03. The number of ketones is 1. The molecule has 0 aliphatic heterocycles. The fourth-order valence-electron chi connectivity index (χ4n) is 2.24. The first-order valence-corrected chi connectivity index (χ1v) is 4.97. The van der Waals surface area contributed by atoms with E-state index in [1.54, 1.807) is 0 Å². The molecule has 3 atom stereocenters. The fourth-order valence-corrected chi connectivity index (χ4v) is 3.32. The van der Waals surface area contributed by atoms with Gasteiger partial charge in [-0.05, 0) is 18.3 Å². The minimum Gasteiger partial charge on any atom is -0.306 e. The van der Waals surface area contributed by atoms with Crippen molar-refractivity contribution in [1.29, 1.82) is 0 Å². The molecule has 3 aliphatic carbocycles. The van der Waals surface area contributed by atoms with Crippen LogP contribution in [-0.2, 0) is 15.9 Å². The van der Waals surface area contributed by atoms with Crippen molar-refractivity contribution in [3.8, 4) is 0 Å². The van der Waals surface area contributed by atoms with Gasteiger partial charge in [0.2, 0.25) is 0 Å². The van der Waals surface area contributed by atoms with E-state index in [4.69, 9.17) is 4.55 Å². The van der Waals surface area contributed by atoms with Crippen molar-refractivity contribution in [2.24, 2.45) is 11.8 Å². The fraction of sp³-hybridized carbons (Fsp3) is 0.857. The maximum Gasteiger partial charge on any atom is 0.156 e. The molecule has 0 aromatic heterocycles.